The first-order valence-corrected chi connectivity index (χ1v) is 8.01. The Labute approximate surface area is 141 Å². The zero-order valence-electron chi connectivity index (χ0n) is 14.5. The molecule has 0 aliphatic heterocycles. The molecule has 1 aromatic heterocycles. The molecule has 0 aliphatic carbocycles. The van der Waals surface area contributed by atoms with Gasteiger partial charge < -0.3 is 14.8 Å². The van der Waals surface area contributed by atoms with Crippen molar-refractivity contribution in [3.05, 3.63) is 57.9 Å². The summed E-state index contributed by atoms with van der Waals surface area (Å²) in [7, 11) is 0. The third kappa shape index (κ3) is 3.74. The number of rotatable bonds is 6. The molecule has 1 atom stereocenters. The van der Waals surface area contributed by atoms with Gasteiger partial charge in [0.25, 0.3) is 0 Å². The Kier molecular flexibility index (Phi) is 5.57. The number of ketones is 1. The predicted molar refractivity (Wildman–Crippen MR) is 91.3 cm³/mol. The number of H-pyrrole nitrogens is 1. The van der Waals surface area contributed by atoms with Crippen LogP contribution in [0.2, 0.25) is 0 Å². The maximum absolute atomic E-state index is 12.2. The molecular weight excluding hydrogens is 306 g/mol. The number of Topliss-reactive ketones (excluding diaryl/α,β-unsaturated/α-hetero) is 1. The number of hydrogen-bond acceptors (Lipinski definition) is 4. The number of benzene rings is 1. The molecule has 0 saturated carbocycles. The van der Waals surface area contributed by atoms with Crippen LogP contribution in [-0.4, -0.2) is 28.4 Å². The average molecular weight is 329 g/mol. The van der Waals surface area contributed by atoms with Gasteiger partial charge in [-0.05, 0) is 38.3 Å². The summed E-state index contributed by atoms with van der Waals surface area (Å²) >= 11 is 0. The number of aliphatic hydroxyl groups excluding tert-OH is 1. The van der Waals surface area contributed by atoms with Crippen LogP contribution in [-0.2, 0) is 11.2 Å². The van der Waals surface area contributed by atoms with E-state index in [-0.39, 0.29) is 18.1 Å². The first-order chi connectivity index (χ1) is 11.3. The monoisotopic (exact) mass is 329 g/mol. The Hall–Kier alpha value is -2.40. The van der Waals surface area contributed by atoms with Crippen LogP contribution >= 0.6 is 0 Å². The number of esters is 1. The number of aryl methyl sites for hydroxylation is 2. The quantitative estimate of drug-likeness (QED) is 0.629. The van der Waals surface area contributed by atoms with Crippen molar-refractivity contribution in [2.75, 3.05) is 6.61 Å². The third-order valence-electron chi connectivity index (χ3n) is 4.14. The molecule has 2 aromatic rings. The van der Waals surface area contributed by atoms with Crippen LogP contribution in [0.15, 0.2) is 24.3 Å². The zero-order chi connectivity index (χ0) is 17.9. The number of aromatic amines is 1. The first kappa shape index (κ1) is 17.9. The Morgan fingerprint density at radius 2 is 1.83 bits per heavy atom. The minimum Gasteiger partial charge on any atom is -0.453 e. The molecule has 0 fully saturated rings. The summed E-state index contributed by atoms with van der Waals surface area (Å²) in [5.74, 6) is -0.844. The van der Waals surface area contributed by atoms with Gasteiger partial charge in [0.15, 0.2) is 12.4 Å². The van der Waals surface area contributed by atoms with Gasteiger partial charge in [-0.2, -0.15) is 0 Å². The lowest BCUT2D eigenvalue weighted by atomic mass is 10.1. The van der Waals surface area contributed by atoms with Crippen LogP contribution in [0.25, 0.3) is 0 Å². The number of nitrogens with one attached hydrogen (secondary N) is 1. The number of aromatic nitrogens is 1. The van der Waals surface area contributed by atoms with E-state index in [1.54, 1.807) is 32.9 Å². The van der Waals surface area contributed by atoms with E-state index >= 15 is 0 Å². The molecule has 5 heteroatoms. The Morgan fingerprint density at radius 1 is 1.21 bits per heavy atom. The Morgan fingerprint density at radius 3 is 2.33 bits per heavy atom. The molecular formula is C19H23NO4. The van der Waals surface area contributed by atoms with Crippen LogP contribution in [0, 0.1) is 13.8 Å². The van der Waals surface area contributed by atoms with Crippen LogP contribution in [0.1, 0.15) is 63.2 Å². The van der Waals surface area contributed by atoms with E-state index in [4.69, 9.17) is 4.74 Å². The lowest BCUT2D eigenvalue weighted by Gasteiger charge is -2.06. The van der Waals surface area contributed by atoms with Crippen LogP contribution in [0.4, 0.5) is 0 Å². The van der Waals surface area contributed by atoms with E-state index < -0.39 is 12.1 Å². The topological polar surface area (TPSA) is 79.4 Å². The number of carbonyl (C=O) groups excluding carboxylic acids is 2. The molecule has 24 heavy (non-hydrogen) atoms. The van der Waals surface area contributed by atoms with Crippen LogP contribution in [0.3, 0.4) is 0 Å². The molecule has 2 N–H and O–H groups in total. The highest BCUT2D eigenvalue weighted by Gasteiger charge is 2.21. The smallest absolute Gasteiger partial charge is 0.355 e. The summed E-state index contributed by atoms with van der Waals surface area (Å²) in [6, 6.07) is 7.26. The fraction of sp³-hybridized carbons (Fsp3) is 0.368. The number of hydrogen-bond donors (Lipinski definition) is 2. The molecule has 1 aromatic carbocycles. The average Bonchev–Trinajstić information content (AvgIpc) is 2.87. The van der Waals surface area contributed by atoms with Gasteiger partial charge in [-0.15, -0.1) is 0 Å². The van der Waals surface area contributed by atoms with Crippen LogP contribution in [0.5, 0.6) is 0 Å². The van der Waals surface area contributed by atoms with Crippen molar-refractivity contribution in [2.45, 2.75) is 40.2 Å². The van der Waals surface area contributed by atoms with Gasteiger partial charge in [0.2, 0.25) is 0 Å². The molecule has 0 amide bonds. The van der Waals surface area contributed by atoms with Gasteiger partial charge in [0.1, 0.15) is 5.69 Å². The summed E-state index contributed by atoms with van der Waals surface area (Å²) in [6.45, 7) is 6.90. The maximum atomic E-state index is 12.2. The van der Waals surface area contributed by atoms with E-state index in [2.05, 4.69) is 4.98 Å². The molecule has 0 radical (unpaired) electrons. The van der Waals surface area contributed by atoms with Crippen molar-refractivity contribution in [3.63, 3.8) is 0 Å². The third-order valence-corrected chi connectivity index (χ3v) is 4.14. The number of ether oxygens (including phenoxy) is 1. The van der Waals surface area contributed by atoms with Gasteiger partial charge in [0, 0.05) is 16.8 Å². The maximum Gasteiger partial charge on any atom is 0.355 e. The van der Waals surface area contributed by atoms with Gasteiger partial charge in [-0.3, -0.25) is 4.79 Å². The van der Waals surface area contributed by atoms with E-state index in [0.29, 0.717) is 16.7 Å². The minimum absolute atomic E-state index is 0.248. The normalized spacial score (nSPS) is 12.0. The van der Waals surface area contributed by atoms with E-state index in [0.717, 1.165) is 17.7 Å². The molecule has 1 heterocycles. The summed E-state index contributed by atoms with van der Waals surface area (Å²) in [5, 5.41) is 9.76. The standard InChI is InChI=1S/C19H23NO4/c1-5-14-6-8-15(9-7-14)16(22)10-24-19(23)18-11(2)17(13(4)21)12(3)20-18/h6-9,13,20-21H,5,10H2,1-4H3/t13-/m1/s1. The van der Waals surface area contributed by atoms with Gasteiger partial charge in [0.05, 0.1) is 6.10 Å². The van der Waals surface area contributed by atoms with Crippen molar-refractivity contribution >= 4 is 11.8 Å². The van der Waals surface area contributed by atoms with Gasteiger partial charge >= 0.3 is 5.97 Å². The molecule has 0 unspecified atom stereocenters. The highest BCUT2D eigenvalue weighted by atomic mass is 16.5. The molecule has 5 nitrogen and oxygen atoms in total. The molecule has 0 aliphatic rings. The van der Waals surface area contributed by atoms with Crippen molar-refractivity contribution in [1.82, 2.24) is 4.98 Å². The van der Waals surface area contributed by atoms with E-state index in [1.165, 1.54) is 0 Å². The first-order valence-electron chi connectivity index (χ1n) is 8.01. The molecule has 2 rings (SSSR count). The summed E-state index contributed by atoms with van der Waals surface area (Å²) in [5.41, 5.74) is 3.99. The SMILES string of the molecule is CCc1ccc(C(=O)COC(=O)c2[nH]c(C)c([C@@H](C)O)c2C)cc1. The summed E-state index contributed by atoms with van der Waals surface area (Å²) < 4.78 is 5.13. The molecule has 0 spiro atoms. The van der Waals surface area contributed by atoms with E-state index in [1.807, 2.05) is 19.1 Å². The Balaban J connectivity index is 2.05. The molecule has 128 valence electrons. The van der Waals surface area contributed by atoms with Crippen LogP contribution < -0.4 is 0 Å². The second kappa shape index (κ2) is 7.45. The van der Waals surface area contributed by atoms with Gasteiger partial charge in [-0.1, -0.05) is 31.2 Å². The Bertz CT molecular complexity index is 741. The molecule has 0 saturated heterocycles. The largest absolute Gasteiger partial charge is 0.453 e. The number of aliphatic hydroxyl groups is 1. The number of carbonyl (C=O) groups is 2. The van der Waals surface area contributed by atoms with Crippen molar-refractivity contribution < 1.29 is 19.4 Å². The van der Waals surface area contributed by atoms with E-state index in [9.17, 15) is 14.7 Å². The minimum atomic E-state index is -0.679. The second-order valence-electron chi connectivity index (χ2n) is 5.89. The van der Waals surface area contributed by atoms with Crippen molar-refractivity contribution in [3.8, 4) is 0 Å². The lowest BCUT2D eigenvalue weighted by molar-refractivity contribution is 0.0468. The predicted octanol–water partition coefficient (Wildman–Crippen LogP) is 3.29. The highest BCUT2D eigenvalue weighted by molar-refractivity contribution is 5.99. The fourth-order valence-electron chi connectivity index (χ4n) is 2.81. The summed E-state index contributed by atoms with van der Waals surface area (Å²) in [4.78, 5) is 27.2. The lowest BCUT2D eigenvalue weighted by Crippen LogP contribution is -2.15. The second-order valence-corrected chi connectivity index (χ2v) is 5.89. The highest BCUT2D eigenvalue weighted by Crippen LogP contribution is 2.24. The van der Waals surface area contributed by atoms with Gasteiger partial charge in [-0.25, -0.2) is 4.79 Å². The fourth-order valence-corrected chi connectivity index (χ4v) is 2.81. The van der Waals surface area contributed by atoms with Crippen molar-refractivity contribution in [2.24, 2.45) is 0 Å². The van der Waals surface area contributed by atoms with Crippen molar-refractivity contribution in [1.29, 1.82) is 0 Å². The zero-order valence-corrected chi connectivity index (χ0v) is 14.5. The molecule has 0 bridgehead atoms. The summed E-state index contributed by atoms with van der Waals surface area (Å²) in [6.07, 6.45) is 0.224.